The summed E-state index contributed by atoms with van der Waals surface area (Å²) in [4.78, 5) is 23.7. The molecule has 2 fully saturated rings. The first-order valence-corrected chi connectivity index (χ1v) is 11.2. The molecule has 2 aliphatic heterocycles. The van der Waals surface area contributed by atoms with E-state index in [1.165, 1.54) is 23.3 Å². The molecule has 0 bridgehead atoms. The molecule has 6 nitrogen and oxygen atoms in total. The molecule has 0 amide bonds. The third-order valence-electron chi connectivity index (χ3n) is 6.98. The number of benzene rings is 1. The third-order valence-corrected chi connectivity index (χ3v) is 8.05. The number of anilines is 2. The van der Waals surface area contributed by atoms with E-state index in [4.69, 9.17) is 0 Å². The number of fused-ring (bicyclic) bond motifs is 2. The van der Waals surface area contributed by atoms with Crippen molar-refractivity contribution in [3.05, 3.63) is 36.2 Å². The molecule has 2 N–H and O–H groups in total. The van der Waals surface area contributed by atoms with Crippen LogP contribution < -0.4 is 5.32 Å². The van der Waals surface area contributed by atoms with E-state index in [1.807, 2.05) is 6.92 Å². The molecule has 152 valence electrons. The van der Waals surface area contributed by atoms with E-state index < -0.39 is 5.97 Å². The van der Waals surface area contributed by atoms with Crippen LogP contribution in [0.15, 0.2) is 40.5 Å². The lowest BCUT2D eigenvalue weighted by atomic mass is 9.55. The summed E-state index contributed by atoms with van der Waals surface area (Å²) in [6.45, 7) is 5.02. The fraction of sp³-hybridized carbons (Fsp3) is 0.500. The Morgan fingerprint density at radius 2 is 2.07 bits per heavy atom. The second-order valence-corrected chi connectivity index (χ2v) is 9.87. The number of aliphatic carboxylic acids is 1. The molecule has 5 rings (SSSR count). The first-order chi connectivity index (χ1) is 14.0. The van der Waals surface area contributed by atoms with Gasteiger partial charge in [0, 0.05) is 23.8 Å². The monoisotopic (exact) mass is 410 g/mol. The number of aromatic nitrogens is 2. The van der Waals surface area contributed by atoms with Gasteiger partial charge in [0.15, 0.2) is 5.82 Å². The zero-order chi connectivity index (χ0) is 20.0. The number of carbonyl (C=O) groups is 1. The summed E-state index contributed by atoms with van der Waals surface area (Å²) in [7, 11) is 0. The standard InChI is InChI=1S/C22H26N4O2S/c1-14(21(27)28)16-11-22(12-16)4-8-26(9-5-22)13-15-2-3-18-17(10-15)25-19-20(29-18)24-7-6-23-19/h2-3,6-7,10,14,16H,4-5,8-9,11-13H2,1H3,(H,23,25)(H,27,28). The topological polar surface area (TPSA) is 78.4 Å². The summed E-state index contributed by atoms with van der Waals surface area (Å²) in [5, 5.41) is 13.6. The highest BCUT2D eigenvalue weighted by Gasteiger charge is 2.48. The van der Waals surface area contributed by atoms with Gasteiger partial charge in [-0.3, -0.25) is 9.69 Å². The van der Waals surface area contributed by atoms with Gasteiger partial charge in [-0.05, 0) is 67.8 Å². The molecule has 1 aliphatic carbocycles. The minimum atomic E-state index is -0.643. The smallest absolute Gasteiger partial charge is 0.306 e. The molecule has 1 spiro atoms. The van der Waals surface area contributed by atoms with Crippen molar-refractivity contribution in [3.8, 4) is 0 Å². The highest BCUT2D eigenvalue weighted by Crippen LogP contribution is 2.55. The summed E-state index contributed by atoms with van der Waals surface area (Å²) in [6.07, 6.45) is 8.01. The highest BCUT2D eigenvalue weighted by molar-refractivity contribution is 7.99. The van der Waals surface area contributed by atoms with Crippen molar-refractivity contribution in [3.63, 3.8) is 0 Å². The van der Waals surface area contributed by atoms with Crippen LogP contribution in [-0.2, 0) is 11.3 Å². The molecule has 7 heteroatoms. The summed E-state index contributed by atoms with van der Waals surface area (Å²) in [5.74, 6) is 0.357. The predicted molar refractivity (Wildman–Crippen MR) is 112 cm³/mol. The molecule has 2 aromatic rings. The molecule has 1 saturated carbocycles. The number of likely N-dealkylation sites (tertiary alicyclic amines) is 1. The van der Waals surface area contributed by atoms with Gasteiger partial charge in [0.25, 0.3) is 0 Å². The van der Waals surface area contributed by atoms with E-state index in [2.05, 4.69) is 38.4 Å². The highest BCUT2D eigenvalue weighted by atomic mass is 32.2. The molecular weight excluding hydrogens is 384 g/mol. The largest absolute Gasteiger partial charge is 0.481 e. The average molecular weight is 411 g/mol. The van der Waals surface area contributed by atoms with Gasteiger partial charge in [-0.2, -0.15) is 0 Å². The van der Waals surface area contributed by atoms with Crippen LogP contribution >= 0.6 is 11.8 Å². The Bertz CT molecular complexity index is 934. The second-order valence-electron chi connectivity index (χ2n) is 8.84. The number of carboxylic acid groups (broad SMARTS) is 1. The molecular formula is C22H26N4O2S. The number of carboxylic acids is 1. The summed E-state index contributed by atoms with van der Waals surface area (Å²) in [6, 6.07) is 6.63. The van der Waals surface area contributed by atoms with Gasteiger partial charge in [-0.25, -0.2) is 9.97 Å². The summed E-state index contributed by atoms with van der Waals surface area (Å²) in [5.41, 5.74) is 2.82. The van der Waals surface area contributed by atoms with Crippen molar-refractivity contribution in [2.24, 2.45) is 17.3 Å². The zero-order valence-corrected chi connectivity index (χ0v) is 17.4. The van der Waals surface area contributed by atoms with E-state index in [1.54, 1.807) is 24.2 Å². The Balaban J connectivity index is 1.18. The van der Waals surface area contributed by atoms with Crippen LogP contribution in [0.5, 0.6) is 0 Å². The van der Waals surface area contributed by atoms with Gasteiger partial charge in [0.1, 0.15) is 5.03 Å². The Morgan fingerprint density at radius 1 is 1.31 bits per heavy atom. The van der Waals surface area contributed by atoms with Gasteiger partial charge in [-0.15, -0.1) is 0 Å². The fourth-order valence-corrected chi connectivity index (χ4v) is 5.92. The van der Waals surface area contributed by atoms with Crippen molar-refractivity contribution >= 4 is 29.2 Å². The Morgan fingerprint density at radius 3 is 2.83 bits per heavy atom. The van der Waals surface area contributed by atoms with Crippen molar-refractivity contribution in [2.75, 3.05) is 18.4 Å². The minimum Gasteiger partial charge on any atom is -0.481 e. The molecule has 1 saturated heterocycles. The van der Waals surface area contributed by atoms with Gasteiger partial charge < -0.3 is 10.4 Å². The van der Waals surface area contributed by atoms with Gasteiger partial charge in [-0.1, -0.05) is 24.8 Å². The SMILES string of the molecule is CC(C(=O)O)C1CC2(CCN(Cc3ccc4c(c3)Nc3nccnc3S4)CC2)C1. The number of rotatable bonds is 4. The van der Waals surface area contributed by atoms with Crippen LogP contribution in [-0.4, -0.2) is 39.0 Å². The minimum absolute atomic E-state index is 0.200. The third kappa shape index (κ3) is 3.62. The lowest BCUT2D eigenvalue weighted by Crippen LogP contribution is -2.49. The Labute approximate surface area is 175 Å². The maximum Gasteiger partial charge on any atom is 0.306 e. The molecule has 29 heavy (non-hydrogen) atoms. The van der Waals surface area contributed by atoms with Crippen molar-refractivity contribution in [1.29, 1.82) is 0 Å². The van der Waals surface area contributed by atoms with Crippen molar-refractivity contribution < 1.29 is 9.90 Å². The van der Waals surface area contributed by atoms with Gasteiger partial charge >= 0.3 is 5.97 Å². The zero-order valence-electron chi connectivity index (χ0n) is 16.6. The van der Waals surface area contributed by atoms with Crippen molar-refractivity contribution in [1.82, 2.24) is 14.9 Å². The molecule has 3 aliphatic rings. The molecule has 1 unspecified atom stereocenters. The number of hydrogen-bond acceptors (Lipinski definition) is 6. The van der Waals surface area contributed by atoms with E-state index >= 15 is 0 Å². The molecule has 3 heterocycles. The number of nitrogens with one attached hydrogen (secondary N) is 1. The van der Waals surface area contributed by atoms with Gasteiger partial charge in [0.2, 0.25) is 0 Å². The van der Waals surface area contributed by atoms with E-state index in [0.29, 0.717) is 11.3 Å². The fourth-order valence-electron chi connectivity index (χ4n) is 5.04. The number of hydrogen-bond donors (Lipinski definition) is 2. The Kier molecular flexibility index (Phi) is 4.75. The number of nitrogens with zero attached hydrogens (tertiary/aromatic N) is 3. The lowest BCUT2D eigenvalue weighted by Gasteiger charge is -2.53. The molecule has 1 aromatic carbocycles. The van der Waals surface area contributed by atoms with Crippen molar-refractivity contribution in [2.45, 2.75) is 49.1 Å². The second kappa shape index (κ2) is 7.29. The molecule has 0 radical (unpaired) electrons. The first-order valence-electron chi connectivity index (χ1n) is 10.4. The van der Waals surface area contributed by atoms with Crippen LogP contribution in [0.4, 0.5) is 11.5 Å². The maximum absolute atomic E-state index is 11.2. The van der Waals surface area contributed by atoms with Crippen LogP contribution in [0.1, 0.15) is 38.2 Å². The van der Waals surface area contributed by atoms with Crippen LogP contribution in [0, 0.1) is 17.3 Å². The van der Waals surface area contributed by atoms with E-state index in [9.17, 15) is 9.90 Å². The average Bonchev–Trinajstić information content (AvgIpc) is 2.70. The van der Waals surface area contributed by atoms with Crippen LogP contribution in [0.25, 0.3) is 0 Å². The van der Waals surface area contributed by atoms with E-state index in [-0.39, 0.29) is 5.92 Å². The molecule has 1 atom stereocenters. The predicted octanol–water partition coefficient (Wildman–Crippen LogP) is 4.40. The van der Waals surface area contributed by atoms with Crippen LogP contribution in [0.2, 0.25) is 0 Å². The number of piperidine rings is 1. The maximum atomic E-state index is 11.2. The quantitative estimate of drug-likeness (QED) is 0.660. The van der Waals surface area contributed by atoms with E-state index in [0.717, 1.165) is 49.0 Å². The van der Waals surface area contributed by atoms with Gasteiger partial charge in [0.05, 0.1) is 11.6 Å². The Hall–Kier alpha value is -2.12. The summed E-state index contributed by atoms with van der Waals surface area (Å²) >= 11 is 1.66. The van der Waals surface area contributed by atoms with Crippen LogP contribution in [0.3, 0.4) is 0 Å². The summed E-state index contributed by atoms with van der Waals surface area (Å²) < 4.78 is 0. The first kappa shape index (κ1) is 18.9. The molecule has 1 aromatic heterocycles. The lowest BCUT2D eigenvalue weighted by molar-refractivity contribution is -0.147. The normalized spacial score (nSPS) is 21.6.